The van der Waals surface area contributed by atoms with Crippen molar-refractivity contribution < 1.29 is 9.66 Å². The summed E-state index contributed by atoms with van der Waals surface area (Å²) in [6, 6.07) is 7.28. The smallest absolute Gasteiger partial charge is 0.280 e. The van der Waals surface area contributed by atoms with Crippen molar-refractivity contribution in [3.8, 4) is 16.3 Å². The lowest BCUT2D eigenvalue weighted by Crippen LogP contribution is -1.88. The first-order chi connectivity index (χ1) is 12.1. The number of nitrogens with zero attached hydrogens (tertiary/aromatic N) is 3. The van der Waals surface area contributed by atoms with Gasteiger partial charge >= 0.3 is 0 Å². The minimum absolute atomic E-state index is 0.0858. The Bertz CT molecular complexity index is 1070. The maximum atomic E-state index is 10.8. The summed E-state index contributed by atoms with van der Waals surface area (Å²) in [5.41, 5.74) is 1.66. The molecule has 0 unspecified atom stereocenters. The zero-order valence-corrected chi connectivity index (χ0v) is 15.2. The summed E-state index contributed by atoms with van der Waals surface area (Å²) in [4.78, 5) is 20.2. The van der Waals surface area contributed by atoms with E-state index in [0.29, 0.717) is 10.8 Å². The molecule has 3 aromatic heterocycles. The predicted molar refractivity (Wildman–Crippen MR) is 102 cm³/mol. The zero-order valence-electron chi connectivity index (χ0n) is 12.8. The number of nitro groups is 1. The van der Waals surface area contributed by atoms with E-state index in [1.807, 2.05) is 23.6 Å². The number of anilines is 2. The molecule has 7 nitrogen and oxygen atoms in total. The van der Waals surface area contributed by atoms with E-state index in [1.54, 1.807) is 7.11 Å². The zero-order chi connectivity index (χ0) is 17.4. The predicted octanol–water partition coefficient (Wildman–Crippen LogP) is 5.14. The molecule has 0 fully saturated rings. The summed E-state index contributed by atoms with van der Waals surface area (Å²) in [7, 11) is 1.62. The standard InChI is InChI=1S/C15H10N4O3S3/c1-22-9-2-3-12-10(5-9)16-15(25-12)18-14-17-11(7-24-14)13-4-8(6-23-13)19(20)21/h2-7H,1H3,(H,16,17,18). The van der Waals surface area contributed by atoms with Gasteiger partial charge in [-0.3, -0.25) is 10.1 Å². The van der Waals surface area contributed by atoms with Crippen LogP contribution in [0.2, 0.25) is 0 Å². The number of thiophene rings is 1. The highest BCUT2D eigenvalue weighted by atomic mass is 32.1. The second-order valence-electron chi connectivity index (χ2n) is 4.94. The molecule has 4 aromatic rings. The Morgan fingerprint density at radius 2 is 2.04 bits per heavy atom. The van der Waals surface area contributed by atoms with Crippen LogP contribution in [0.25, 0.3) is 20.8 Å². The van der Waals surface area contributed by atoms with E-state index >= 15 is 0 Å². The Balaban J connectivity index is 1.57. The van der Waals surface area contributed by atoms with Gasteiger partial charge in [-0.15, -0.1) is 22.7 Å². The fourth-order valence-corrected chi connectivity index (χ4v) is 4.69. The van der Waals surface area contributed by atoms with Crippen LogP contribution in [0, 0.1) is 10.1 Å². The molecule has 0 bridgehead atoms. The number of methoxy groups -OCH3 is 1. The topological polar surface area (TPSA) is 90.2 Å². The Hall–Kier alpha value is -2.56. The Morgan fingerprint density at radius 3 is 2.80 bits per heavy atom. The van der Waals surface area contributed by atoms with Crippen LogP contribution >= 0.6 is 34.0 Å². The van der Waals surface area contributed by atoms with Gasteiger partial charge in [-0.05, 0) is 12.1 Å². The lowest BCUT2D eigenvalue weighted by molar-refractivity contribution is -0.384. The van der Waals surface area contributed by atoms with Gasteiger partial charge < -0.3 is 10.1 Å². The summed E-state index contributed by atoms with van der Waals surface area (Å²) in [6.07, 6.45) is 0. The highest BCUT2D eigenvalue weighted by Gasteiger charge is 2.14. The summed E-state index contributed by atoms with van der Waals surface area (Å²) in [5, 5.41) is 18.8. The van der Waals surface area contributed by atoms with Crippen molar-refractivity contribution in [2.75, 3.05) is 12.4 Å². The van der Waals surface area contributed by atoms with E-state index in [0.717, 1.165) is 26.0 Å². The molecule has 0 aliphatic carbocycles. The van der Waals surface area contributed by atoms with Gasteiger partial charge in [0.15, 0.2) is 10.3 Å². The van der Waals surface area contributed by atoms with E-state index in [9.17, 15) is 10.1 Å². The highest BCUT2D eigenvalue weighted by Crippen LogP contribution is 2.35. The SMILES string of the molecule is COc1ccc2sc(Nc3nc(-c4cc([N+](=O)[O-])cs4)cs3)nc2c1. The van der Waals surface area contributed by atoms with Crippen molar-refractivity contribution in [3.63, 3.8) is 0 Å². The molecule has 0 radical (unpaired) electrons. The first-order valence-electron chi connectivity index (χ1n) is 7.03. The van der Waals surface area contributed by atoms with Gasteiger partial charge in [0.2, 0.25) is 0 Å². The molecular weight excluding hydrogens is 380 g/mol. The molecule has 126 valence electrons. The van der Waals surface area contributed by atoms with Gasteiger partial charge in [0.05, 0.1) is 38.2 Å². The fourth-order valence-electron chi connectivity index (χ4n) is 2.18. The van der Waals surface area contributed by atoms with Gasteiger partial charge in [0.25, 0.3) is 5.69 Å². The van der Waals surface area contributed by atoms with E-state index < -0.39 is 4.92 Å². The number of thiazole rings is 2. The van der Waals surface area contributed by atoms with Crippen LogP contribution < -0.4 is 10.1 Å². The van der Waals surface area contributed by atoms with Crippen LogP contribution in [0.4, 0.5) is 16.0 Å². The molecule has 0 atom stereocenters. The van der Waals surface area contributed by atoms with E-state index in [2.05, 4.69) is 15.3 Å². The van der Waals surface area contributed by atoms with Gasteiger partial charge in [-0.25, -0.2) is 9.97 Å². The summed E-state index contributed by atoms with van der Waals surface area (Å²) in [6.45, 7) is 0. The number of hydrogen-bond acceptors (Lipinski definition) is 9. The van der Waals surface area contributed by atoms with Crippen LogP contribution in [-0.2, 0) is 0 Å². The number of benzene rings is 1. The Kier molecular flexibility index (Phi) is 4.07. The van der Waals surface area contributed by atoms with Crippen LogP contribution in [0.1, 0.15) is 0 Å². The normalized spacial score (nSPS) is 10.9. The third-order valence-electron chi connectivity index (χ3n) is 3.36. The van der Waals surface area contributed by atoms with Gasteiger partial charge in [-0.1, -0.05) is 11.3 Å². The van der Waals surface area contributed by atoms with Crippen molar-refractivity contribution in [1.82, 2.24) is 9.97 Å². The molecule has 0 spiro atoms. The minimum atomic E-state index is -0.402. The number of hydrogen-bond donors (Lipinski definition) is 1. The summed E-state index contributed by atoms with van der Waals surface area (Å²) < 4.78 is 6.26. The molecule has 25 heavy (non-hydrogen) atoms. The van der Waals surface area contributed by atoms with Crippen LogP contribution in [0.5, 0.6) is 5.75 Å². The number of rotatable bonds is 5. The summed E-state index contributed by atoms with van der Waals surface area (Å²) >= 11 is 4.26. The van der Waals surface area contributed by atoms with E-state index in [-0.39, 0.29) is 5.69 Å². The van der Waals surface area contributed by atoms with Crippen molar-refractivity contribution in [3.05, 3.63) is 45.1 Å². The number of fused-ring (bicyclic) bond motifs is 1. The second-order valence-corrected chi connectivity index (χ2v) is 7.74. The molecule has 0 amide bonds. The molecule has 10 heteroatoms. The first-order valence-corrected chi connectivity index (χ1v) is 9.60. The largest absolute Gasteiger partial charge is 0.497 e. The van der Waals surface area contributed by atoms with Crippen molar-refractivity contribution >= 4 is 60.2 Å². The molecule has 0 saturated heterocycles. The molecule has 0 aliphatic heterocycles. The minimum Gasteiger partial charge on any atom is -0.497 e. The van der Waals surface area contributed by atoms with Gasteiger partial charge in [0, 0.05) is 17.5 Å². The quantitative estimate of drug-likeness (QED) is 0.375. The van der Waals surface area contributed by atoms with Crippen molar-refractivity contribution in [2.45, 2.75) is 0 Å². The third kappa shape index (κ3) is 3.18. The van der Waals surface area contributed by atoms with Gasteiger partial charge in [0.1, 0.15) is 5.75 Å². The van der Waals surface area contributed by atoms with Gasteiger partial charge in [-0.2, -0.15) is 0 Å². The molecule has 1 aromatic carbocycles. The van der Waals surface area contributed by atoms with Crippen LogP contribution in [0.3, 0.4) is 0 Å². The molecule has 0 saturated carbocycles. The number of aromatic nitrogens is 2. The molecule has 3 heterocycles. The van der Waals surface area contributed by atoms with E-state index in [1.165, 1.54) is 45.5 Å². The average Bonchev–Trinajstić information content (AvgIpc) is 3.32. The molecule has 0 aliphatic rings. The van der Waals surface area contributed by atoms with Crippen molar-refractivity contribution in [2.24, 2.45) is 0 Å². The number of ether oxygens (including phenoxy) is 1. The maximum absolute atomic E-state index is 10.8. The molecule has 4 rings (SSSR count). The monoisotopic (exact) mass is 390 g/mol. The maximum Gasteiger partial charge on any atom is 0.280 e. The number of nitrogens with one attached hydrogen (secondary N) is 1. The summed E-state index contributed by atoms with van der Waals surface area (Å²) in [5.74, 6) is 0.764. The molecular formula is C15H10N4O3S3. The van der Waals surface area contributed by atoms with Crippen LogP contribution in [0.15, 0.2) is 35.0 Å². The Labute approximate surface area is 153 Å². The second kappa shape index (κ2) is 6.39. The van der Waals surface area contributed by atoms with E-state index in [4.69, 9.17) is 4.74 Å². The molecule has 1 N–H and O–H groups in total. The Morgan fingerprint density at radius 1 is 1.16 bits per heavy atom. The highest BCUT2D eigenvalue weighted by molar-refractivity contribution is 7.22. The van der Waals surface area contributed by atoms with Crippen molar-refractivity contribution in [1.29, 1.82) is 0 Å². The third-order valence-corrected chi connectivity index (χ3v) is 6.01. The van der Waals surface area contributed by atoms with Crippen LogP contribution in [-0.4, -0.2) is 22.0 Å². The fraction of sp³-hybridized carbons (Fsp3) is 0.0667. The lowest BCUT2D eigenvalue weighted by Gasteiger charge is -1.96. The first kappa shape index (κ1) is 15.9. The lowest BCUT2D eigenvalue weighted by atomic mass is 10.3. The average molecular weight is 390 g/mol.